The fourth-order valence-corrected chi connectivity index (χ4v) is 4.29. The summed E-state index contributed by atoms with van der Waals surface area (Å²) in [4.78, 5) is 11.8. The first-order chi connectivity index (χ1) is 12.7. The van der Waals surface area contributed by atoms with Gasteiger partial charge in [0.15, 0.2) is 11.5 Å². The summed E-state index contributed by atoms with van der Waals surface area (Å²) < 4.78 is 5.47. The Hall–Kier alpha value is -2.58. The van der Waals surface area contributed by atoms with Crippen LogP contribution in [0.1, 0.15) is 44.8 Å². The van der Waals surface area contributed by atoms with Crippen LogP contribution in [0.15, 0.2) is 34.9 Å². The van der Waals surface area contributed by atoms with Crippen LogP contribution in [0.25, 0.3) is 11.3 Å². The van der Waals surface area contributed by atoms with E-state index < -0.39 is 5.91 Å². The smallest absolute Gasteiger partial charge is 0.271 e. The third-order valence-electron chi connectivity index (χ3n) is 4.75. The molecule has 26 heavy (non-hydrogen) atoms. The Labute approximate surface area is 153 Å². The summed E-state index contributed by atoms with van der Waals surface area (Å²) >= 11 is 1.44. The Morgan fingerprint density at radius 2 is 1.96 bits per heavy atom. The van der Waals surface area contributed by atoms with Gasteiger partial charge >= 0.3 is 0 Å². The van der Waals surface area contributed by atoms with Crippen LogP contribution in [-0.2, 0) is 13.0 Å². The molecule has 1 saturated carbocycles. The maximum Gasteiger partial charge on any atom is 0.271 e. The van der Waals surface area contributed by atoms with Crippen molar-refractivity contribution in [1.29, 1.82) is 0 Å². The normalized spacial score (nSPS) is 19.3. The van der Waals surface area contributed by atoms with E-state index >= 15 is 0 Å². The number of aliphatic hydroxyl groups is 1. The van der Waals surface area contributed by atoms with Crippen LogP contribution in [0.5, 0.6) is 0 Å². The summed E-state index contributed by atoms with van der Waals surface area (Å²) in [5.74, 6) is 0.709. The topological polar surface area (TPSA) is 115 Å². The second-order valence-electron chi connectivity index (χ2n) is 6.49. The molecule has 0 unspecified atom stereocenters. The molecule has 8 heteroatoms. The fraction of sp³-hybridized carbons (Fsp3) is 0.333. The van der Waals surface area contributed by atoms with Gasteiger partial charge in [-0.2, -0.15) is 0 Å². The van der Waals surface area contributed by atoms with E-state index in [-0.39, 0.29) is 18.2 Å². The van der Waals surface area contributed by atoms with Crippen molar-refractivity contribution in [3.05, 3.63) is 51.6 Å². The van der Waals surface area contributed by atoms with Crippen LogP contribution in [0.3, 0.4) is 0 Å². The molecular weight excluding hydrogens is 352 g/mol. The molecule has 7 nitrogen and oxygen atoms in total. The predicted molar refractivity (Wildman–Crippen MR) is 95.5 cm³/mol. The van der Waals surface area contributed by atoms with E-state index in [9.17, 15) is 4.79 Å². The molecule has 0 atom stereocenters. The number of rotatable bonds is 6. The minimum Gasteiger partial charge on any atom is -0.389 e. The number of nitrogens with zero attached hydrogens (tertiary/aromatic N) is 3. The SMILES string of the molecule is NC(=O)c1noc(-c2ccccc2)c1C1CC(Cc2nnc(CO)s2)C1. The molecule has 2 heterocycles. The van der Waals surface area contributed by atoms with Gasteiger partial charge in [-0.1, -0.05) is 46.8 Å². The molecule has 1 aromatic carbocycles. The highest BCUT2D eigenvalue weighted by atomic mass is 32.1. The number of primary amides is 1. The number of hydrogen-bond acceptors (Lipinski definition) is 7. The lowest BCUT2D eigenvalue weighted by Gasteiger charge is -2.35. The van der Waals surface area contributed by atoms with E-state index in [4.69, 9.17) is 15.4 Å². The molecular formula is C18H18N4O3S. The number of aromatic nitrogens is 3. The summed E-state index contributed by atoms with van der Waals surface area (Å²) in [6.45, 7) is -0.0753. The first-order valence-corrected chi connectivity index (χ1v) is 9.24. The monoisotopic (exact) mass is 370 g/mol. The molecule has 0 bridgehead atoms. The number of carbonyl (C=O) groups is 1. The Bertz CT molecular complexity index is 916. The molecule has 1 aliphatic carbocycles. The van der Waals surface area contributed by atoms with E-state index in [1.54, 1.807) is 0 Å². The lowest BCUT2D eigenvalue weighted by Crippen LogP contribution is -2.26. The largest absolute Gasteiger partial charge is 0.389 e. The molecule has 0 saturated heterocycles. The van der Waals surface area contributed by atoms with Gasteiger partial charge in [0.25, 0.3) is 5.91 Å². The third kappa shape index (κ3) is 3.13. The first-order valence-electron chi connectivity index (χ1n) is 8.42. The minimum atomic E-state index is -0.564. The van der Waals surface area contributed by atoms with Crippen molar-refractivity contribution >= 4 is 17.2 Å². The van der Waals surface area contributed by atoms with Crippen LogP contribution < -0.4 is 5.73 Å². The fourth-order valence-electron chi connectivity index (χ4n) is 3.47. The van der Waals surface area contributed by atoms with Crippen LogP contribution in [-0.4, -0.2) is 26.4 Å². The summed E-state index contributed by atoms with van der Waals surface area (Å²) in [5.41, 5.74) is 7.43. The van der Waals surface area contributed by atoms with Gasteiger partial charge in [-0.25, -0.2) is 0 Å². The molecule has 1 fully saturated rings. The van der Waals surface area contributed by atoms with Crippen molar-refractivity contribution in [2.75, 3.05) is 0 Å². The van der Waals surface area contributed by atoms with Crippen LogP contribution >= 0.6 is 11.3 Å². The Kier molecular flexibility index (Phi) is 4.52. The quantitative estimate of drug-likeness (QED) is 0.689. The van der Waals surface area contributed by atoms with E-state index in [2.05, 4.69) is 15.4 Å². The number of amides is 1. The van der Waals surface area contributed by atoms with E-state index in [1.165, 1.54) is 11.3 Å². The summed E-state index contributed by atoms with van der Waals surface area (Å²) in [6, 6.07) is 9.63. The van der Waals surface area contributed by atoms with Gasteiger partial charge < -0.3 is 15.4 Å². The summed E-state index contributed by atoms with van der Waals surface area (Å²) in [5, 5.41) is 22.6. The summed E-state index contributed by atoms with van der Waals surface area (Å²) in [7, 11) is 0. The van der Waals surface area contributed by atoms with Crippen molar-refractivity contribution in [2.45, 2.75) is 31.8 Å². The number of nitrogens with two attached hydrogens (primary N) is 1. The van der Waals surface area contributed by atoms with Gasteiger partial charge in [-0.3, -0.25) is 4.79 Å². The van der Waals surface area contributed by atoms with Crippen molar-refractivity contribution in [2.24, 2.45) is 11.7 Å². The van der Waals surface area contributed by atoms with Crippen molar-refractivity contribution < 1.29 is 14.4 Å². The molecule has 4 rings (SSSR count). The van der Waals surface area contributed by atoms with Gasteiger partial charge in [0, 0.05) is 17.5 Å². The lowest BCUT2D eigenvalue weighted by atomic mass is 9.69. The zero-order chi connectivity index (χ0) is 18.1. The zero-order valence-corrected chi connectivity index (χ0v) is 14.8. The first kappa shape index (κ1) is 16.9. The number of carbonyl (C=O) groups excluding carboxylic acids is 1. The van der Waals surface area contributed by atoms with Crippen molar-refractivity contribution in [3.63, 3.8) is 0 Å². The van der Waals surface area contributed by atoms with Crippen molar-refractivity contribution in [3.8, 4) is 11.3 Å². The lowest BCUT2D eigenvalue weighted by molar-refractivity contribution is 0.0989. The Morgan fingerprint density at radius 3 is 2.62 bits per heavy atom. The molecule has 1 amide bonds. The second kappa shape index (κ2) is 6.97. The van der Waals surface area contributed by atoms with Gasteiger partial charge in [0.1, 0.15) is 10.0 Å². The molecule has 0 aliphatic heterocycles. The van der Waals surface area contributed by atoms with Gasteiger partial charge in [0.2, 0.25) is 0 Å². The molecule has 1 aliphatic rings. The third-order valence-corrected chi connectivity index (χ3v) is 5.68. The zero-order valence-electron chi connectivity index (χ0n) is 14.0. The molecule has 2 aromatic heterocycles. The molecule has 134 valence electrons. The number of aliphatic hydroxyl groups excluding tert-OH is 1. The molecule has 0 radical (unpaired) electrons. The van der Waals surface area contributed by atoms with Gasteiger partial charge in [-0.15, -0.1) is 10.2 Å². The van der Waals surface area contributed by atoms with Gasteiger partial charge in [0.05, 0.1) is 6.61 Å². The van der Waals surface area contributed by atoms with E-state index in [0.717, 1.165) is 35.4 Å². The second-order valence-corrected chi connectivity index (χ2v) is 7.64. The van der Waals surface area contributed by atoms with Crippen LogP contribution in [0.2, 0.25) is 0 Å². The maximum absolute atomic E-state index is 11.8. The number of hydrogen-bond donors (Lipinski definition) is 2. The average Bonchev–Trinajstić information content (AvgIpc) is 3.25. The highest BCUT2D eigenvalue weighted by Crippen LogP contribution is 2.47. The highest BCUT2D eigenvalue weighted by Gasteiger charge is 2.37. The number of benzene rings is 1. The van der Waals surface area contributed by atoms with E-state index in [1.807, 2.05) is 30.3 Å². The van der Waals surface area contributed by atoms with Crippen molar-refractivity contribution in [1.82, 2.24) is 15.4 Å². The molecule has 0 spiro atoms. The van der Waals surface area contributed by atoms with E-state index in [0.29, 0.717) is 16.7 Å². The highest BCUT2D eigenvalue weighted by molar-refractivity contribution is 7.11. The summed E-state index contributed by atoms with van der Waals surface area (Å²) in [6.07, 6.45) is 2.65. The Balaban J connectivity index is 1.53. The standard InChI is InChI=1S/C18H18N4O3S/c19-18(24)16-15(17(25-22-16)11-4-2-1-3-5-11)12-6-10(7-12)8-13-20-21-14(9-23)26-13/h1-5,10,12,23H,6-9H2,(H2,19,24). The predicted octanol–water partition coefficient (Wildman–Crippen LogP) is 2.52. The molecule has 3 N–H and O–H groups in total. The maximum atomic E-state index is 11.8. The van der Waals surface area contributed by atoms with Crippen LogP contribution in [0.4, 0.5) is 0 Å². The van der Waals surface area contributed by atoms with Crippen LogP contribution in [0, 0.1) is 5.92 Å². The minimum absolute atomic E-state index is 0.0753. The van der Waals surface area contributed by atoms with Gasteiger partial charge in [-0.05, 0) is 24.7 Å². The average molecular weight is 370 g/mol. The Morgan fingerprint density at radius 1 is 1.23 bits per heavy atom. The molecule has 3 aromatic rings.